The Labute approximate surface area is 125 Å². The highest BCUT2D eigenvalue weighted by molar-refractivity contribution is 7.89. The van der Waals surface area contributed by atoms with Gasteiger partial charge in [0, 0.05) is 25.9 Å². The summed E-state index contributed by atoms with van der Waals surface area (Å²) in [6, 6.07) is 6.21. The molecule has 1 heterocycles. The largest absolute Gasteiger partial charge is 0.399 e. The number of methoxy groups -OCH3 is 1. The first-order valence-electron chi connectivity index (χ1n) is 6.77. The molecule has 1 aromatic rings. The van der Waals surface area contributed by atoms with Crippen LogP contribution in [0.3, 0.4) is 0 Å². The lowest BCUT2D eigenvalue weighted by atomic mass is 10.0. The molecule has 0 aliphatic carbocycles. The van der Waals surface area contributed by atoms with Crippen LogP contribution in [0.1, 0.15) is 18.4 Å². The molecule has 1 aromatic carbocycles. The van der Waals surface area contributed by atoms with Crippen LogP contribution in [0.15, 0.2) is 23.1 Å². The molecule has 0 aromatic heterocycles. The van der Waals surface area contributed by atoms with Gasteiger partial charge in [0.2, 0.25) is 10.0 Å². The maximum atomic E-state index is 12.7. The molecule has 2 rings (SSSR count). The van der Waals surface area contributed by atoms with Crippen LogP contribution < -0.4 is 5.73 Å². The average Bonchev–Trinajstić information content (AvgIpc) is 2.47. The van der Waals surface area contributed by atoms with Crippen molar-refractivity contribution >= 4 is 15.7 Å². The molecule has 1 aliphatic rings. The van der Waals surface area contributed by atoms with E-state index < -0.39 is 10.0 Å². The van der Waals surface area contributed by atoms with Crippen LogP contribution in [0.25, 0.3) is 0 Å². The van der Waals surface area contributed by atoms with Gasteiger partial charge < -0.3 is 10.5 Å². The van der Waals surface area contributed by atoms with E-state index in [9.17, 15) is 8.42 Å². The van der Waals surface area contributed by atoms with Gasteiger partial charge in [0.25, 0.3) is 0 Å². The lowest BCUT2D eigenvalue weighted by molar-refractivity contribution is 0.118. The third-order valence-electron chi connectivity index (χ3n) is 3.63. The zero-order valence-corrected chi connectivity index (χ0v) is 12.8. The van der Waals surface area contributed by atoms with Crippen molar-refractivity contribution in [3.05, 3.63) is 23.8 Å². The highest BCUT2D eigenvalue weighted by atomic mass is 32.2. The van der Waals surface area contributed by atoms with E-state index >= 15 is 0 Å². The average molecular weight is 309 g/mol. The Hall–Kier alpha value is -1.62. The van der Waals surface area contributed by atoms with Gasteiger partial charge >= 0.3 is 0 Å². The van der Waals surface area contributed by atoms with Crippen LogP contribution in [-0.2, 0) is 14.8 Å². The number of hydrogen-bond acceptors (Lipinski definition) is 5. The van der Waals surface area contributed by atoms with E-state index in [4.69, 9.17) is 15.7 Å². The number of benzene rings is 1. The third kappa shape index (κ3) is 3.35. The summed E-state index contributed by atoms with van der Waals surface area (Å²) in [5.41, 5.74) is 6.07. The molecular formula is C14H19N3O3S. The Morgan fingerprint density at radius 1 is 1.52 bits per heavy atom. The number of nitrogen functional groups attached to an aromatic ring is 1. The molecule has 2 N–H and O–H groups in total. The summed E-state index contributed by atoms with van der Waals surface area (Å²) in [7, 11) is -2.06. The fourth-order valence-corrected chi connectivity index (χ4v) is 4.29. The minimum atomic E-state index is -3.67. The normalized spacial score (nSPS) is 20.1. The van der Waals surface area contributed by atoms with E-state index in [1.807, 2.05) is 6.07 Å². The van der Waals surface area contributed by atoms with Crippen LogP contribution in [0, 0.1) is 17.2 Å². The standard InChI is InChI=1S/C14H19N3O3S/c1-20-10-11-3-2-6-17(9-11)21(18,19)14-5-4-13(16)7-12(14)8-15/h4-5,7,11H,2-3,6,9-10,16H2,1H3. The molecule has 114 valence electrons. The fourth-order valence-electron chi connectivity index (χ4n) is 2.62. The maximum absolute atomic E-state index is 12.7. The van der Waals surface area contributed by atoms with Gasteiger partial charge in [-0.2, -0.15) is 9.57 Å². The molecule has 1 aliphatic heterocycles. The van der Waals surface area contributed by atoms with Crippen LogP contribution >= 0.6 is 0 Å². The van der Waals surface area contributed by atoms with Crippen molar-refractivity contribution in [2.75, 3.05) is 32.5 Å². The summed E-state index contributed by atoms with van der Waals surface area (Å²) in [6.45, 7) is 1.43. The molecule has 1 atom stereocenters. The van der Waals surface area contributed by atoms with Crippen LogP contribution in [0.2, 0.25) is 0 Å². The first kappa shape index (κ1) is 15.8. The van der Waals surface area contributed by atoms with Crippen molar-refractivity contribution < 1.29 is 13.2 Å². The highest BCUT2D eigenvalue weighted by Crippen LogP contribution is 2.26. The number of ether oxygens (including phenoxy) is 1. The number of nitriles is 1. The zero-order valence-electron chi connectivity index (χ0n) is 11.9. The Bertz CT molecular complexity index is 650. The van der Waals surface area contributed by atoms with Crippen molar-refractivity contribution in [3.8, 4) is 6.07 Å². The first-order chi connectivity index (χ1) is 9.98. The van der Waals surface area contributed by atoms with Gasteiger partial charge in [-0.15, -0.1) is 0 Å². The fraction of sp³-hybridized carbons (Fsp3) is 0.500. The monoisotopic (exact) mass is 309 g/mol. The topological polar surface area (TPSA) is 96.4 Å². The number of nitrogens with zero attached hydrogens (tertiary/aromatic N) is 2. The molecule has 6 nitrogen and oxygen atoms in total. The van der Waals surface area contributed by atoms with Gasteiger partial charge in [-0.3, -0.25) is 0 Å². The lowest BCUT2D eigenvalue weighted by Gasteiger charge is -2.31. The predicted octanol–water partition coefficient (Wildman–Crippen LogP) is 1.19. The van der Waals surface area contributed by atoms with E-state index in [2.05, 4.69) is 0 Å². The second kappa shape index (κ2) is 6.43. The molecule has 1 saturated heterocycles. The summed E-state index contributed by atoms with van der Waals surface area (Å²) in [4.78, 5) is 0.0252. The second-order valence-corrected chi connectivity index (χ2v) is 7.10. The minimum Gasteiger partial charge on any atom is -0.399 e. The summed E-state index contributed by atoms with van der Waals surface area (Å²) in [6.07, 6.45) is 1.75. The minimum absolute atomic E-state index is 0.0252. The predicted molar refractivity (Wildman–Crippen MR) is 78.9 cm³/mol. The van der Waals surface area contributed by atoms with Crippen molar-refractivity contribution in [2.24, 2.45) is 5.92 Å². The van der Waals surface area contributed by atoms with E-state index in [1.165, 1.54) is 22.5 Å². The SMILES string of the molecule is COCC1CCCN(S(=O)(=O)c2ccc(N)cc2C#N)C1. The molecule has 0 bridgehead atoms. The number of hydrogen-bond donors (Lipinski definition) is 1. The lowest BCUT2D eigenvalue weighted by Crippen LogP contribution is -2.41. The van der Waals surface area contributed by atoms with E-state index in [-0.39, 0.29) is 16.4 Å². The van der Waals surface area contributed by atoms with Gasteiger partial charge in [-0.25, -0.2) is 8.42 Å². The van der Waals surface area contributed by atoms with Gasteiger partial charge in [0.05, 0.1) is 12.2 Å². The van der Waals surface area contributed by atoms with Crippen molar-refractivity contribution in [2.45, 2.75) is 17.7 Å². The molecular weight excluding hydrogens is 290 g/mol. The zero-order chi connectivity index (χ0) is 15.5. The molecule has 7 heteroatoms. The highest BCUT2D eigenvalue weighted by Gasteiger charge is 2.31. The van der Waals surface area contributed by atoms with Gasteiger partial charge in [0.1, 0.15) is 11.0 Å². The molecule has 0 radical (unpaired) electrons. The van der Waals surface area contributed by atoms with E-state index in [1.54, 1.807) is 7.11 Å². The Balaban J connectivity index is 2.32. The molecule has 1 fully saturated rings. The van der Waals surface area contributed by atoms with Gasteiger partial charge in [0.15, 0.2) is 0 Å². The molecule has 1 unspecified atom stereocenters. The quantitative estimate of drug-likeness (QED) is 0.843. The van der Waals surface area contributed by atoms with E-state index in [0.29, 0.717) is 25.4 Å². The third-order valence-corrected chi connectivity index (χ3v) is 5.55. The number of nitrogens with two attached hydrogens (primary N) is 1. The van der Waals surface area contributed by atoms with Crippen molar-refractivity contribution in [1.29, 1.82) is 5.26 Å². The van der Waals surface area contributed by atoms with Crippen LogP contribution in [0.4, 0.5) is 5.69 Å². The van der Waals surface area contributed by atoms with E-state index in [0.717, 1.165) is 12.8 Å². The second-order valence-electron chi connectivity index (χ2n) is 5.19. The van der Waals surface area contributed by atoms with Gasteiger partial charge in [-0.1, -0.05) is 0 Å². The molecule has 0 spiro atoms. The Morgan fingerprint density at radius 3 is 2.95 bits per heavy atom. The molecule has 0 saturated carbocycles. The molecule has 0 amide bonds. The van der Waals surface area contributed by atoms with Crippen molar-refractivity contribution in [3.63, 3.8) is 0 Å². The Kier molecular flexibility index (Phi) is 4.83. The summed E-state index contributed by atoms with van der Waals surface area (Å²) < 4.78 is 32.0. The number of rotatable bonds is 4. The van der Waals surface area contributed by atoms with Crippen molar-refractivity contribution in [1.82, 2.24) is 4.31 Å². The summed E-state index contributed by atoms with van der Waals surface area (Å²) in [5, 5.41) is 9.13. The number of anilines is 1. The first-order valence-corrected chi connectivity index (χ1v) is 8.21. The van der Waals surface area contributed by atoms with Crippen LogP contribution in [0.5, 0.6) is 0 Å². The smallest absolute Gasteiger partial charge is 0.244 e. The Morgan fingerprint density at radius 2 is 2.29 bits per heavy atom. The number of piperidine rings is 1. The van der Waals surface area contributed by atoms with Gasteiger partial charge in [-0.05, 0) is 37.0 Å². The maximum Gasteiger partial charge on any atom is 0.244 e. The molecule has 21 heavy (non-hydrogen) atoms. The summed E-state index contributed by atoms with van der Waals surface area (Å²) >= 11 is 0. The van der Waals surface area contributed by atoms with Crippen LogP contribution in [-0.4, -0.2) is 39.5 Å². The number of sulfonamides is 1. The summed E-state index contributed by atoms with van der Waals surface area (Å²) in [5.74, 6) is 0.192.